The third-order valence-corrected chi connectivity index (χ3v) is 7.08. The second kappa shape index (κ2) is 9.24. The van der Waals surface area contributed by atoms with Crippen molar-refractivity contribution in [3.05, 3.63) is 94.3 Å². The monoisotopic (exact) mass is 472 g/mol. The number of rotatable bonds is 5. The number of nitrogens with one attached hydrogen (secondary N) is 2. The van der Waals surface area contributed by atoms with Gasteiger partial charge in [0, 0.05) is 29.6 Å². The molecule has 3 heterocycles. The van der Waals surface area contributed by atoms with Gasteiger partial charge in [-0.25, -0.2) is 4.79 Å². The fourth-order valence-corrected chi connectivity index (χ4v) is 5.54. The number of carbonyl (C=O) groups is 2. The van der Waals surface area contributed by atoms with Crippen molar-refractivity contribution in [1.29, 1.82) is 0 Å². The average Bonchev–Trinajstić information content (AvgIpc) is 3.41. The van der Waals surface area contributed by atoms with Crippen LogP contribution in [0.5, 0.6) is 0 Å². The van der Waals surface area contributed by atoms with Gasteiger partial charge in [-0.1, -0.05) is 59.9 Å². The van der Waals surface area contributed by atoms with Crippen molar-refractivity contribution in [2.24, 2.45) is 0 Å². The molecule has 0 radical (unpaired) electrons. The molecule has 7 nitrogen and oxygen atoms in total. The Morgan fingerprint density at radius 2 is 1.68 bits per heavy atom. The lowest BCUT2D eigenvalue weighted by molar-refractivity contribution is 0.104. The van der Waals surface area contributed by atoms with E-state index in [1.54, 1.807) is 34.9 Å². The Morgan fingerprint density at radius 3 is 2.35 bits per heavy atom. The smallest absolute Gasteiger partial charge is 0.320 e. The normalized spacial score (nSPS) is 16.0. The lowest BCUT2D eigenvalue weighted by Crippen LogP contribution is -2.39. The molecule has 8 heteroatoms. The highest BCUT2D eigenvalue weighted by Gasteiger charge is 2.26. The molecule has 2 aromatic heterocycles. The number of nitrogens with zero attached hydrogens (tertiary/aromatic N) is 2. The number of ketones is 1. The van der Waals surface area contributed by atoms with E-state index in [0.717, 1.165) is 19.5 Å². The van der Waals surface area contributed by atoms with Gasteiger partial charge in [0.2, 0.25) is 0 Å². The van der Waals surface area contributed by atoms with Crippen molar-refractivity contribution in [2.45, 2.75) is 12.5 Å². The van der Waals surface area contributed by atoms with Crippen LogP contribution in [0.2, 0.25) is 0 Å². The maximum Gasteiger partial charge on any atom is 0.320 e. The first kappa shape index (κ1) is 22.1. The maximum atomic E-state index is 13.6. The van der Waals surface area contributed by atoms with Crippen LogP contribution in [0.1, 0.15) is 22.3 Å². The summed E-state index contributed by atoms with van der Waals surface area (Å²) < 4.78 is 1.58. The number of thiophene rings is 1. The van der Waals surface area contributed by atoms with Gasteiger partial charge in [0.15, 0.2) is 5.78 Å². The van der Waals surface area contributed by atoms with Crippen LogP contribution in [0.4, 0.5) is 9.80 Å². The summed E-state index contributed by atoms with van der Waals surface area (Å²) in [6.07, 6.45) is 0.875. The SMILES string of the molecule is CN1CC[C@@H](NC(=O)Nc2sc3c(ccc(=O)n3-c3ccccc3)c2C(=O)c2ccccc2)C1. The molecule has 34 heavy (non-hydrogen) atoms. The van der Waals surface area contributed by atoms with Gasteiger partial charge in [-0.3, -0.25) is 19.5 Å². The Labute approximate surface area is 200 Å². The summed E-state index contributed by atoms with van der Waals surface area (Å²) in [5.41, 5.74) is 1.39. The second-order valence-corrected chi connectivity index (χ2v) is 9.41. The van der Waals surface area contributed by atoms with Crippen molar-refractivity contribution >= 4 is 38.4 Å². The number of benzene rings is 2. The molecule has 1 fully saturated rings. The largest absolute Gasteiger partial charge is 0.334 e. The summed E-state index contributed by atoms with van der Waals surface area (Å²) in [5, 5.41) is 6.95. The van der Waals surface area contributed by atoms with Crippen LogP contribution in [-0.4, -0.2) is 47.5 Å². The van der Waals surface area contributed by atoms with E-state index in [1.807, 2.05) is 43.4 Å². The van der Waals surface area contributed by atoms with Crippen molar-refractivity contribution in [1.82, 2.24) is 14.8 Å². The number of amides is 2. The highest BCUT2D eigenvalue weighted by Crippen LogP contribution is 2.37. The zero-order valence-corrected chi connectivity index (χ0v) is 19.5. The lowest BCUT2D eigenvalue weighted by atomic mass is 10.0. The fraction of sp³-hybridized carbons (Fsp3) is 0.192. The molecule has 172 valence electrons. The van der Waals surface area contributed by atoms with Gasteiger partial charge in [0.25, 0.3) is 5.56 Å². The van der Waals surface area contributed by atoms with Crippen LogP contribution < -0.4 is 16.2 Å². The quantitative estimate of drug-likeness (QED) is 0.428. The van der Waals surface area contributed by atoms with E-state index < -0.39 is 0 Å². The van der Waals surface area contributed by atoms with E-state index in [1.165, 1.54) is 17.4 Å². The summed E-state index contributed by atoms with van der Waals surface area (Å²) >= 11 is 1.23. The van der Waals surface area contributed by atoms with Crippen LogP contribution in [0.15, 0.2) is 77.6 Å². The van der Waals surface area contributed by atoms with Gasteiger partial charge < -0.3 is 10.2 Å². The minimum atomic E-state index is -0.359. The third-order valence-electron chi connectivity index (χ3n) is 5.97. The number of hydrogen-bond donors (Lipinski definition) is 2. The second-order valence-electron chi connectivity index (χ2n) is 8.41. The summed E-state index contributed by atoms with van der Waals surface area (Å²) in [6, 6.07) is 21.0. The molecule has 1 saturated heterocycles. The number of urea groups is 1. The van der Waals surface area contributed by atoms with Crippen LogP contribution >= 0.6 is 11.3 Å². The topological polar surface area (TPSA) is 83.4 Å². The van der Waals surface area contributed by atoms with Crippen molar-refractivity contribution in [3.8, 4) is 5.69 Å². The summed E-state index contributed by atoms with van der Waals surface area (Å²) in [4.78, 5) is 42.1. The number of hydrogen-bond acceptors (Lipinski definition) is 5. The van der Waals surface area contributed by atoms with Crippen LogP contribution in [0, 0.1) is 0 Å². The Balaban J connectivity index is 1.62. The first-order chi connectivity index (χ1) is 16.5. The number of pyridine rings is 1. The Morgan fingerprint density at radius 1 is 0.971 bits per heavy atom. The van der Waals surface area contributed by atoms with Crippen LogP contribution in [0.3, 0.4) is 0 Å². The zero-order chi connectivity index (χ0) is 23.7. The standard InChI is InChI=1S/C26H24N4O3S/c1-29-15-14-18(16-29)27-26(33)28-24-22(23(32)17-8-4-2-5-9-17)20-12-13-21(31)30(25(20)34-24)19-10-6-3-7-11-19/h2-13,18H,14-16H2,1H3,(H2,27,28,33)/t18-/m1/s1. The molecule has 1 aliphatic rings. The molecule has 0 bridgehead atoms. The van der Waals surface area contributed by atoms with Gasteiger partial charge in [0.1, 0.15) is 9.83 Å². The molecule has 2 amide bonds. The summed E-state index contributed by atoms with van der Waals surface area (Å²) in [7, 11) is 2.02. The van der Waals surface area contributed by atoms with E-state index in [2.05, 4.69) is 15.5 Å². The highest BCUT2D eigenvalue weighted by molar-refractivity contribution is 7.23. The minimum Gasteiger partial charge on any atom is -0.334 e. The van der Waals surface area contributed by atoms with Gasteiger partial charge >= 0.3 is 6.03 Å². The van der Waals surface area contributed by atoms with Crippen molar-refractivity contribution < 1.29 is 9.59 Å². The fourth-order valence-electron chi connectivity index (χ4n) is 4.33. The number of para-hydroxylation sites is 1. The predicted octanol–water partition coefficient (Wildman–Crippen LogP) is 4.11. The van der Waals surface area contributed by atoms with E-state index in [9.17, 15) is 14.4 Å². The van der Waals surface area contributed by atoms with Crippen LogP contribution in [0.25, 0.3) is 15.9 Å². The van der Waals surface area contributed by atoms with Crippen LogP contribution in [-0.2, 0) is 0 Å². The summed E-state index contributed by atoms with van der Waals surface area (Å²) in [5.74, 6) is -0.207. The first-order valence-electron chi connectivity index (χ1n) is 11.1. The van der Waals surface area contributed by atoms with E-state index >= 15 is 0 Å². The molecule has 1 aliphatic heterocycles. The number of carbonyl (C=O) groups excluding carboxylic acids is 2. The van der Waals surface area contributed by atoms with Gasteiger partial charge in [-0.05, 0) is 38.2 Å². The molecule has 0 spiro atoms. The number of anilines is 1. The molecular weight excluding hydrogens is 448 g/mol. The molecule has 0 saturated carbocycles. The molecule has 1 atom stereocenters. The van der Waals surface area contributed by atoms with Gasteiger partial charge in [-0.2, -0.15) is 0 Å². The number of aromatic nitrogens is 1. The molecule has 2 aromatic carbocycles. The Kier molecular flexibility index (Phi) is 6.00. The third kappa shape index (κ3) is 4.25. The predicted molar refractivity (Wildman–Crippen MR) is 135 cm³/mol. The number of fused-ring (bicyclic) bond motifs is 1. The molecule has 4 aromatic rings. The van der Waals surface area contributed by atoms with Gasteiger partial charge in [-0.15, -0.1) is 0 Å². The summed E-state index contributed by atoms with van der Waals surface area (Å²) in [6.45, 7) is 1.71. The minimum absolute atomic E-state index is 0.0511. The number of likely N-dealkylation sites (tertiary alicyclic amines) is 1. The van der Waals surface area contributed by atoms with Gasteiger partial charge in [0.05, 0.1) is 11.3 Å². The Bertz CT molecular complexity index is 1410. The first-order valence-corrected chi connectivity index (χ1v) is 11.9. The van der Waals surface area contributed by atoms with E-state index in [4.69, 9.17) is 0 Å². The highest BCUT2D eigenvalue weighted by atomic mass is 32.1. The Hall–Kier alpha value is -3.75. The molecular formula is C26H24N4O3S. The van der Waals surface area contributed by atoms with E-state index in [0.29, 0.717) is 32.0 Å². The maximum absolute atomic E-state index is 13.6. The molecule has 0 unspecified atom stereocenters. The molecule has 2 N–H and O–H groups in total. The van der Waals surface area contributed by atoms with Crippen molar-refractivity contribution in [3.63, 3.8) is 0 Å². The molecule has 5 rings (SSSR count). The molecule has 0 aliphatic carbocycles. The lowest BCUT2D eigenvalue weighted by Gasteiger charge is -2.13. The number of likely N-dealkylation sites (N-methyl/N-ethyl adjacent to an activating group) is 1. The average molecular weight is 473 g/mol. The zero-order valence-electron chi connectivity index (χ0n) is 18.7. The van der Waals surface area contributed by atoms with E-state index in [-0.39, 0.29) is 23.4 Å². The van der Waals surface area contributed by atoms with Crippen molar-refractivity contribution in [2.75, 3.05) is 25.5 Å².